The SMILES string of the molecule is CCC(NC(C)c1ccccc1F)C(=O)OC. The molecule has 0 bridgehead atoms. The van der Waals surface area contributed by atoms with E-state index in [1.54, 1.807) is 18.2 Å². The van der Waals surface area contributed by atoms with E-state index in [9.17, 15) is 9.18 Å². The Kier molecular flexibility index (Phi) is 5.10. The minimum atomic E-state index is -0.408. The van der Waals surface area contributed by atoms with E-state index in [1.807, 2.05) is 13.8 Å². The molecule has 3 nitrogen and oxygen atoms in total. The molecule has 0 aliphatic heterocycles. The summed E-state index contributed by atoms with van der Waals surface area (Å²) in [6.45, 7) is 3.70. The second-order valence-electron chi connectivity index (χ2n) is 3.89. The fourth-order valence-electron chi connectivity index (χ4n) is 1.71. The van der Waals surface area contributed by atoms with Crippen LogP contribution in [0.5, 0.6) is 0 Å². The van der Waals surface area contributed by atoms with Gasteiger partial charge in [0, 0.05) is 11.6 Å². The van der Waals surface area contributed by atoms with Gasteiger partial charge >= 0.3 is 5.97 Å². The van der Waals surface area contributed by atoms with Crippen LogP contribution in [0.25, 0.3) is 0 Å². The van der Waals surface area contributed by atoms with Crippen molar-refractivity contribution in [2.75, 3.05) is 7.11 Å². The molecule has 0 radical (unpaired) electrons. The van der Waals surface area contributed by atoms with Gasteiger partial charge in [-0.3, -0.25) is 10.1 Å². The third kappa shape index (κ3) is 3.53. The minimum Gasteiger partial charge on any atom is -0.468 e. The molecule has 0 aliphatic rings. The Morgan fingerprint density at radius 1 is 1.47 bits per heavy atom. The molecule has 0 amide bonds. The Labute approximate surface area is 101 Å². The van der Waals surface area contributed by atoms with Crippen LogP contribution in [0, 0.1) is 5.82 Å². The molecule has 1 aromatic carbocycles. The highest BCUT2D eigenvalue weighted by Crippen LogP contribution is 2.17. The fourth-order valence-corrected chi connectivity index (χ4v) is 1.71. The summed E-state index contributed by atoms with van der Waals surface area (Å²) in [6.07, 6.45) is 0.603. The Bertz CT molecular complexity index is 381. The quantitative estimate of drug-likeness (QED) is 0.802. The number of hydrogen-bond donors (Lipinski definition) is 1. The summed E-state index contributed by atoms with van der Waals surface area (Å²) in [5, 5.41) is 3.06. The van der Waals surface area contributed by atoms with E-state index in [1.165, 1.54) is 13.2 Å². The van der Waals surface area contributed by atoms with E-state index >= 15 is 0 Å². The van der Waals surface area contributed by atoms with Crippen LogP contribution in [0.2, 0.25) is 0 Å². The van der Waals surface area contributed by atoms with Crippen molar-refractivity contribution in [2.24, 2.45) is 0 Å². The number of rotatable bonds is 5. The molecule has 0 aliphatic carbocycles. The molecule has 94 valence electrons. The van der Waals surface area contributed by atoms with Crippen LogP contribution in [0.3, 0.4) is 0 Å². The van der Waals surface area contributed by atoms with Crippen LogP contribution in [0.1, 0.15) is 31.9 Å². The van der Waals surface area contributed by atoms with Crippen molar-refractivity contribution in [1.29, 1.82) is 0 Å². The summed E-state index contributed by atoms with van der Waals surface area (Å²) in [5.41, 5.74) is 0.551. The Morgan fingerprint density at radius 2 is 2.12 bits per heavy atom. The standard InChI is InChI=1S/C13H18FNO2/c1-4-12(13(16)17-3)15-9(2)10-7-5-6-8-11(10)14/h5-9,12,15H,4H2,1-3H3. The van der Waals surface area contributed by atoms with Crippen molar-refractivity contribution in [3.05, 3.63) is 35.6 Å². The van der Waals surface area contributed by atoms with Gasteiger partial charge in [-0.2, -0.15) is 0 Å². The molecule has 0 saturated heterocycles. The van der Waals surface area contributed by atoms with Gasteiger partial charge in [0.25, 0.3) is 0 Å². The summed E-state index contributed by atoms with van der Waals surface area (Å²) in [7, 11) is 1.35. The van der Waals surface area contributed by atoms with Gasteiger partial charge in [-0.05, 0) is 19.4 Å². The summed E-state index contributed by atoms with van der Waals surface area (Å²) in [4.78, 5) is 11.4. The lowest BCUT2D eigenvalue weighted by Crippen LogP contribution is -2.38. The highest BCUT2D eigenvalue weighted by atomic mass is 19.1. The zero-order valence-electron chi connectivity index (χ0n) is 10.4. The van der Waals surface area contributed by atoms with E-state index < -0.39 is 6.04 Å². The molecule has 1 N–H and O–H groups in total. The molecular formula is C13H18FNO2. The van der Waals surface area contributed by atoms with Crippen LogP contribution in [-0.4, -0.2) is 19.1 Å². The number of nitrogens with one attached hydrogen (secondary N) is 1. The molecule has 17 heavy (non-hydrogen) atoms. The summed E-state index contributed by atoms with van der Waals surface area (Å²) in [6, 6.07) is 5.89. The maximum absolute atomic E-state index is 13.5. The number of hydrogen-bond acceptors (Lipinski definition) is 3. The zero-order valence-corrected chi connectivity index (χ0v) is 10.4. The van der Waals surface area contributed by atoms with Gasteiger partial charge < -0.3 is 4.74 Å². The number of ether oxygens (including phenoxy) is 1. The highest BCUT2D eigenvalue weighted by molar-refractivity contribution is 5.75. The van der Waals surface area contributed by atoms with Gasteiger partial charge in [0.1, 0.15) is 11.9 Å². The summed E-state index contributed by atoms with van der Waals surface area (Å²) >= 11 is 0. The topological polar surface area (TPSA) is 38.3 Å². The first-order valence-electron chi connectivity index (χ1n) is 5.68. The molecule has 2 unspecified atom stereocenters. The van der Waals surface area contributed by atoms with Crippen LogP contribution in [0.15, 0.2) is 24.3 Å². The number of carbonyl (C=O) groups excluding carboxylic acids is 1. The van der Waals surface area contributed by atoms with Crippen molar-refractivity contribution >= 4 is 5.97 Å². The third-order valence-electron chi connectivity index (χ3n) is 2.72. The van der Waals surface area contributed by atoms with E-state index in [0.717, 1.165) is 0 Å². The largest absolute Gasteiger partial charge is 0.468 e. The van der Waals surface area contributed by atoms with Gasteiger partial charge in [-0.15, -0.1) is 0 Å². The van der Waals surface area contributed by atoms with Crippen molar-refractivity contribution in [1.82, 2.24) is 5.32 Å². The molecular weight excluding hydrogens is 221 g/mol. The van der Waals surface area contributed by atoms with Gasteiger partial charge in [-0.25, -0.2) is 4.39 Å². The smallest absolute Gasteiger partial charge is 0.322 e. The van der Waals surface area contributed by atoms with Crippen LogP contribution >= 0.6 is 0 Å². The third-order valence-corrected chi connectivity index (χ3v) is 2.72. The molecule has 2 atom stereocenters. The second kappa shape index (κ2) is 6.35. The van der Waals surface area contributed by atoms with E-state index in [4.69, 9.17) is 0 Å². The normalized spacial score (nSPS) is 14.1. The maximum atomic E-state index is 13.5. The van der Waals surface area contributed by atoms with Crippen LogP contribution < -0.4 is 5.32 Å². The van der Waals surface area contributed by atoms with Crippen molar-refractivity contribution in [3.63, 3.8) is 0 Å². The Balaban J connectivity index is 2.74. The van der Waals surface area contributed by atoms with Crippen molar-refractivity contribution in [3.8, 4) is 0 Å². The molecule has 1 rings (SSSR count). The van der Waals surface area contributed by atoms with Gasteiger partial charge in [0.05, 0.1) is 7.11 Å². The van der Waals surface area contributed by atoms with Crippen LogP contribution in [-0.2, 0) is 9.53 Å². The highest BCUT2D eigenvalue weighted by Gasteiger charge is 2.20. The zero-order chi connectivity index (χ0) is 12.8. The monoisotopic (exact) mass is 239 g/mol. The first kappa shape index (κ1) is 13.6. The molecule has 1 aromatic rings. The lowest BCUT2D eigenvalue weighted by atomic mass is 10.1. The molecule has 0 spiro atoms. The van der Waals surface area contributed by atoms with E-state index in [-0.39, 0.29) is 17.8 Å². The number of benzene rings is 1. The molecule has 0 heterocycles. The average Bonchev–Trinajstić information content (AvgIpc) is 2.35. The average molecular weight is 239 g/mol. The lowest BCUT2D eigenvalue weighted by molar-refractivity contribution is -0.143. The van der Waals surface area contributed by atoms with Gasteiger partial charge in [-0.1, -0.05) is 25.1 Å². The van der Waals surface area contributed by atoms with E-state index in [2.05, 4.69) is 10.1 Å². The molecule has 0 fully saturated rings. The molecule has 0 aromatic heterocycles. The van der Waals surface area contributed by atoms with Crippen molar-refractivity contribution < 1.29 is 13.9 Å². The first-order valence-corrected chi connectivity index (χ1v) is 5.68. The second-order valence-corrected chi connectivity index (χ2v) is 3.89. The number of carbonyl (C=O) groups is 1. The predicted octanol–water partition coefficient (Wildman–Crippen LogP) is 2.43. The van der Waals surface area contributed by atoms with Gasteiger partial charge in [0.2, 0.25) is 0 Å². The summed E-state index contributed by atoms with van der Waals surface area (Å²) in [5.74, 6) is -0.595. The fraction of sp³-hybridized carbons (Fsp3) is 0.462. The Morgan fingerprint density at radius 3 is 2.65 bits per heavy atom. The summed E-state index contributed by atoms with van der Waals surface area (Å²) < 4.78 is 18.2. The first-order chi connectivity index (χ1) is 8.10. The molecule has 0 saturated carbocycles. The van der Waals surface area contributed by atoms with Crippen LogP contribution in [0.4, 0.5) is 4.39 Å². The molecule has 4 heteroatoms. The minimum absolute atomic E-state index is 0.236. The van der Waals surface area contributed by atoms with Gasteiger partial charge in [0.15, 0.2) is 0 Å². The number of esters is 1. The van der Waals surface area contributed by atoms with Crippen molar-refractivity contribution in [2.45, 2.75) is 32.4 Å². The maximum Gasteiger partial charge on any atom is 0.322 e. The number of methoxy groups -OCH3 is 1. The Hall–Kier alpha value is -1.42. The number of halogens is 1. The predicted molar refractivity (Wildman–Crippen MR) is 64.0 cm³/mol. The van der Waals surface area contributed by atoms with E-state index in [0.29, 0.717) is 12.0 Å². The lowest BCUT2D eigenvalue weighted by Gasteiger charge is -2.20.